The van der Waals surface area contributed by atoms with Gasteiger partial charge in [-0.1, -0.05) is 74.7 Å². The lowest BCUT2D eigenvalue weighted by Crippen LogP contribution is -2.25. The molecule has 12 fully saturated rings. The SMILES string of the molecule is CC1CCCCS1.CC1CCCCS1(=O)=O.CC1CCCCS1=O.CC1CCCS1.CC1CCCS1(=N)=O.CC1CCCS1(=O)=O.CC1CCCS1=O.CC1CCS(=N)(=O)C1.CC1CCS(=O)(=O)C1.CC1CCS(=O)C1.CC1CCSC1.CC1SCCS1. The molecule has 12 heterocycles. The maximum Gasteiger partial charge on any atom is 0.152 e. The van der Waals surface area contributed by atoms with Crippen LogP contribution in [0.4, 0.5) is 0 Å². The summed E-state index contributed by atoms with van der Waals surface area (Å²) in [6.45, 7) is 25.0. The zero-order chi connectivity index (χ0) is 66.6. The summed E-state index contributed by atoms with van der Waals surface area (Å²) < 4.78 is 134. The molecule has 2 N–H and O–H groups in total. The monoisotopic (exact) mass is 1490 g/mol. The molecule has 12 rings (SSSR count). The summed E-state index contributed by atoms with van der Waals surface area (Å²) in [4.78, 5) is 0. The maximum absolute atomic E-state index is 11.0. The quantitative estimate of drug-likeness (QED) is 0.229. The van der Waals surface area contributed by atoms with E-state index < -0.39 is 81.4 Å². The molecule has 26 heteroatoms. The predicted molar refractivity (Wildman–Crippen MR) is 403 cm³/mol. The van der Waals surface area contributed by atoms with Crippen LogP contribution in [0.25, 0.3) is 0 Å². The molecule has 16 unspecified atom stereocenters. The second kappa shape index (κ2) is 47.8. The Morgan fingerprint density at radius 3 is 1.05 bits per heavy atom. The molecule has 12 aliphatic rings. The average Bonchev–Trinajstić information content (AvgIpc) is 3.04. The lowest BCUT2D eigenvalue weighted by Gasteiger charge is -2.17. The molecule has 88 heavy (non-hydrogen) atoms. The fraction of sp³-hybridized carbons (Fsp3) is 1.00. The van der Waals surface area contributed by atoms with Crippen LogP contribution in [0.3, 0.4) is 0 Å². The van der Waals surface area contributed by atoms with Crippen LogP contribution in [0.5, 0.6) is 0 Å². The molecule has 16 atom stereocenters. The molecule has 0 aromatic carbocycles. The van der Waals surface area contributed by atoms with Gasteiger partial charge < -0.3 is 0 Å². The van der Waals surface area contributed by atoms with E-state index in [1.807, 2.05) is 13.8 Å². The van der Waals surface area contributed by atoms with E-state index in [2.05, 4.69) is 114 Å². The van der Waals surface area contributed by atoms with Gasteiger partial charge in [-0.25, -0.2) is 33.7 Å². The average molecular weight is 1490 g/mol. The molecule has 12 saturated heterocycles. The number of hydrogen-bond acceptors (Lipinski definition) is 18. The minimum atomic E-state index is -2.66. The van der Waals surface area contributed by atoms with E-state index in [1.165, 1.54) is 112 Å². The third-order valence-corrected chi connectivity index (χ3v) is 40.3. The van der Waals surface area contributed by atoms with Gasteiger partial charge in [-0.2, -0.15) is 35.3 Å². The van der Waals surface area contributed by atoms with E-state index >= 15 is 0 Å². The number of rotatable bonds is 0. The van der Waals surface area contributed by atoms with Crippen LogP contribution in [-0.2, 0) is 81.4 Å². The molecular weight excluding hydrogens is 1370 g/mol. The van der Waals surface area contributed by atoms with Crippen molar-refractivity contribution in [2.75, 3.05) is 97.8 Å². The van der Waals surface area contributed by atoms with Gasteiger partial charge in [0.05, 0.1) is 33.5 Å². The van der Waals surface area contributed by atoms with Crippen molar-refractivity contribution in [1.29, 1.82) is 9.56 Å². The van der Waals surface area contributed by atoms with Crippen molar-refractivity contribution in [2.24, 2.45) is 23.7 Å². The summed E-state index contributed by atoms with van der Waals surface area (Å²) in [5.41, 5.74) is 0. The number of hydrogen-bond donors (Lipinski definition) is 2. The molecule has 13 nitrogen and oxygen atoms in total. The Kier molecular flexibility index (Phi) is 47.8. The first-order valence-electron chi connectivity index (χ1n) is 33.3. The first-order valence-corrected chi connectivity index (χ1v) is 51.9. The van der Waals surface area contributed by atoms with Gasteiger partial charge in [-0.05, 0) is 190 Å². The molecule has 12 aliphatic heterocycles. The van der Waals surface area contributed by atoms with Crippen LogP contribution in [0, 0.1) is 33.2 Å². The minimum Gasteiger partial charge on any atom is -0.260 e. The summed E-state index contributed by atoms with van der Waals surface area (Å²) in [7, 11) is -13.5. The van der Waals surface area contributed by atoms with Gasteiger partial charge in [0, 0.05) is 134 Å². The van der Waals surface area contributed by atoms with Crippen LogP contribution in [0.2, 0.25) is 0 Å². The van der Waals surface area contributed by atoms with Gasteiger partial charge in [0.2, 0.25) is 0 Å². The molecule has 0 aromatic rings. The third-order valence-electron chi connectivity index (χ3n) is 17.1. The molecule has 0 saturated carbocycles. The van der Waals surface area contributed by atoms with Gasteiger partial charge in [0.15, 0.2) is 29.5 Å². The Morgan fingerprint density at radius 2 is 0.864 bits per heavy atom. The number of nitrogens with one attached hydrogen (secondary N) is 2. The third kappa shape index (κ3) is 44.0. The molecule has 0 aromatic heterocycles. The van der Waals surface area contributed by atoms with E-state index in [-0.39, 0.29) is 15.7 Å². The van der Waals surface area contributed by atoms with Crippen molar-refractivity contribution < 1.29 is 46.3 Å². The van der Waals surface area contributed by atoms with Crippen molar-refractivity contribution >= 4 is 140 Å². The molecule has 0 radical (unpaired) electrons. The van der Waals surface area contributed by atoms with Crippen molar-refractivity contribution in [1.82, 2.24) is 0 Å². The van der Waals surface area contributed by atoms with Gasteiger partial charge in [0.25, 0.3) is 0 Å². The van der Waals surface area contributed by atoms with Crippen molar-refractivity contribution in [3.63, 3.8) is 0 Å². The predicted octanol–water partition coefficient (Wildman–Crippen LogP) is 15.1. The largest absolute Gasteiger partial charge is 0.260 e. The van der Waals surface area contributed by atoms with Crippen molar-refractivity contribution in [3.05, 3.63) is 0 Å². The van der Waals surface area contributed by atoms with E-state index in [9.17, 15) is 46.3 Å². The molecule has 0 aliphatic carbocycles. The first kappa shape index (κ1) is 88.0. The van der Waals surface area contributed by atoms with Crippen LogP contribution >= 0.6 is 58.8 Å². The Hall–Kier alpha value is 1.95. The summed E-state index contributed by atoms with van der Waals surface area (Å²) in [5.74, 6) is 18.3. The van der Waals surface area contributed by atoms with E-state index in [1.54, 1.807) is 13.8 Å². The molecular formula is C62H126N2O11S13. The molecule has 0 bridgehead atoms. The van der Waals surface area contributed by atoms with Crippen LogP contribution in [0.15, 0.2) is 0 Å². The Bertz CT molecular complexity index is 2380. The standard InChI is InChI=1S/C6H12O2S.C6H12OS.C6H12S.2C5H11NOS.2C5H10O2S.2C5H10OS.2C5H10S.C4H8S2/c1-6-4-2-3-5-9(6,7)8;1-6-4-2-3-5-8(6)7;1-6-4-2-3-5-7-6;1-5-2-3-8(6,7)4-5;1-5-3-2-4-8(5,6)7;1-5-2-3-8(6,7)4-5;1-5-3-2-4-8(5,6)7;1-5-2-3-7(6)4-5;1-5-3-2-4-7(5)6;1-5-2-3-6-4-5;1-5-3-2-4-6-5;1-4-5-2-3-6-4/h6H,2-5H2,1H3;6H,2-5H2,1H3;6H,2-5H2,1H3;2*5-6H,2-4H2,1H3;2*5H,2-4H2,1H3;2*5H,2-4H2,1H3;2*5H,2-4H2,1H3;4H,2-3H2,1H3. The van der Waals surface area contributed by atoms with Crippen LogP contribution in [-0.4, -0.2) is 185 Å². The minimum absolute atomic E-state index is 0.0671. The van der Waals surface area contributed by atoms with E-state index in [0.29, 0.717) is 62.6 Å². The van der Waals surface area contributed by atoms with Crippen LogP contribution < -0.4 is 0 Å². The van der Waals surface area contributed by atoms with E-state index in [0.717, 1.165) is 108 Å². The zero-order valence-electron chi connectivity index (χ0n) is 56.6. The zero-order valence-corrected chi connectivity index (χ0v) is 67.2. The van der Waals surface area contributed by atoms with Gasteiger partial charge >= 0.3 is 0 Å². The molecule has 528 valence electrons. The first-order chi connectivity index (χ1) is 41.1. The normalized spacial score (nSPS) is 37.9. The highest BCUT2D eigenvalue weighted by Crippen LogP contribution is 2.31. The highest BCUT2D eigenvalue weighted by atomic mass is 32.2. The summed E-state index contributed by atoms with van der Waals surface area (Å²) in [5, 5.41) is 2.89. The summed E-state index contributed by atoms with van der Waals surface area (Å²) in [6, 6.07) is 0. The highest BCUT2D eigenvalue weighted by Gasteiger charge is 2.28. The van der Waals surface area contributed by atoms with Crippen molar-refractivity contribution in [2.45, 2.75) is 259 Å². The lowest BCUT2D eigenvalue weighted by molar-refractivity contribution is 0.549. The van der Waals surface area contributed by atoms with Gasteiger partial charge in [0.1, 0.15) is 0 Å². The number of thioether (sulfide) groups is 5. The lowest BCUT2D eigenvalue weighted by atomic mass is 10.2. The summed E-state index contributed by atoms with van der Waals surface area (Å²) in [6.07, 6.45) is 24.2. The number of sulfone groups is 3. The fourth-order valence-electron chi connectivity index (χ4n) is 10.5. The topological polar surface area (TPSA) is 235 Å². The smallest absolute Gasteiger partial charge is 0.152 e. The molecule has 0 spiro atoms. The van der Waals surface area contributed by atoms with Crippen molar-refractivity contribution in [3.8, 4) is 0 Å². The molecule has 0 amide bonds. The second-order valence-electron chi connectivity index (χ2n) is 26.4. The highest BCUT2D eigenvalue weighted by molar-refractivity contribution is 8.20. The Labute approximate surface area is 571 Å². The maximum atomic E-state index is 11.0. The van der Waals surface area contributed by atoms with Crippen LogP contribution in [0.1, 0.15) is 218 Å². The Balaban J connectivity index is 0.000000481. The second-order valence-corrected chi connectivity index (χ2v) is 51.7. The van der Waals surface area contributed by atoms with Gasteiger partial charge in [-0.3, -0.25) is 22.2 Å². The van der Waals surface area contributed by atoms with Gasteiger partial charge in [-0.15, -0.1) is 23.5 Å². The summed E-state index contributed by atoms with van der Waals surface area (Å²) >= 11 is 10.4. The Morgan fingerprint density at radius 1 is 0.375 bits per heavy atom. The fourth-order valence-corrected chi connectivity index (χ4v) is 29.2. The van der Waals surface area contributed by atoms with E-state index in [4.69, 9.17) is 9.56 Å².